The maximum absolute atomic E-state index is 11.6. The highest BCUT2D eigenvalue weighted by molar-refractivity contribution is 5.94. The Labute approximate surface area is 173 Å². The van der Waals surface area contributed by atoms with Crippen molar-refractivity contribution in [2.45, 2.75) is 77.7 Å². The maximum atomic E-state index is 11.6. The van der Waals surface area contributed by atoms with Crippen LogP contribution >= 0.6 is 0 Å². The number of aromatic nitrogens is 1. The first-order valence-corrected chi connectivity index (χ1v) is 11.3. The van der Waals surface area contributed by atoms with Crippen LogP contribution in [0.25, 0.3) is 10.8 Å². The van der Waals surface area contributed by atoms with Crippen molar-refractivity contribution in [1.29, 1.82) is 0 Å². The Kier molecular flexibility index (Phi) is 6.07. The van der Waals surface area contributed by atoms with Gasteiger partial charge in [0.05, 0.1) is 6.10 Å². The van der Waals surface area contributed by atoms with Crippen molar-refractivity contribution in [3.8, 4) is 5.75 Å². The summed E-state index contributed by atoms with van der Waals surface area (Å²) in [5, 5.41) is 11.5. The lowest BCUT2D eigenvalue weighted by atomic mass is 9.80. The van der Waals surface area contributed by atoms with Crippen LogP contribution in [0.1, 0.15) is 81.4 Å². The Morgan fingerprint density at radius 2 is 1.83 bits per heavy atom. The van der Waals surface area contributed by atoms with Crippen LogP contribution in [0.4, 0.5) is 0 Å². The Hall–Kier alpha value is -2.10. The Morgan fingerprint density at radius 3 is 2.48 bits per heavy atom. The van der Waals surface area contributed by atoms with Crippen molar-refractivity contribution in [2.24, 2.45) is 17.8 Å². The van der Waals surface area contributed by atoms with E-state index >= 15 is 0 Å². The van der Waals surface area contributed by atoms with Crippen molar-refractivity contribution < 1.29 is 14.6 Å². The number of carbonyl (C=O) groups is 1. The minimum absolute atomic E-state index is 0.145. The average molecular weight is 396 g/mol. The molecule has 0 aliphatic heterocycles. The molecule has 4 heteroatoms. The van der Waals surface area contributed by atoms with E-state index in [2.05, 4.69) is 24.9 Å². The van der Waals surface area contributed by atoms with E-state index in [9.17, 15) is 9.90 Å². The predicted octanol–water partition coefficient (Wildman–Crippen LogP) is 6.26. The molecule has 29 heavy (non-hydrogen) atoms. The first kappa shape index (κ1) is 20.2. The average Bonchev–Trinajstić information content (AvgIpc) is 3.21. The molecule has 2 aliphatic rings. The monoisotopic (exact) mass is 395 g/mol. The third-order valence-electron chi connectivity index (χ3n) is 7.02. The Balaban J connectivity index is 1.56. The second kappa shape index (κ2) is 8.73. The first-order valence-electron chi connectivity index (χ1n) is 11.3. The van der Waals surface area contributed by atoms with Crippen LogP contribution in [0.15, 0.2) is 24.3 Å². The third-order valence-corrected chi connectivity index (χ3v) is 7.02. The summed E-state index contributed by atoms with van der Waals surface area (Å²) < 4.78 is 6.35. The molecule has 0 amide bonds. The van der Waals surface area contributed by atoms with E-state index in [1.54, 1.807) is 6.07 Å². The molecule has 1 heterocycles. The van der Waals surface area contributed by atoms with Crippen LogP contribution in [0, 0.1) is 17.8 Å². The van der Waals surface area contributed by atoms with E-state index in [0.29, 0.717) is 5.92 Å². The van der Waals surface area contributed by atoms with Crippen molar-refractivity contribution in [2.75, 3.05) is 0 Å². The molecule has 4 nitrogen and oxygen atoms in total. The van der Waals surface area contributed by atoms with Gasteiger partial charge in [0.25, 0.3) is 0 Å². The fourth-order valence-corrected chi connectivity index (χ4v) is 5.19. The fraction of sp³-hybridized carbons (Fsp3) is 0.600. The summed E-state index contributed by atoms with van der Waals surface area (Å²) in [5.74, 6) is 2.13. The molecule has 1 aromatic heterocycles. The minimum atomic E-state index is -0.957. The summed E-state index contributed by atoms with van der Waals surface area (Å²) in [6.45, 7) is 4.64. The number of nitrogens with zero attached hydrogens (tertiary/aromatic N) is 1. The standard InChI is InChI=1S/C25H33NO3/c1-16(2)18-7-10-20(11-8-18)29-21-12-9-19-14-24(25(27)28)26-23(22(19)15-21)13-17-5-3-4-6-17/h9,12,14-18,20H,3-8,10-11,13H2,1-2H3,(H,27,28). The van der Waals surface area contributed by atoms with E-state index < -0.39 is 5.97 Å². The molecule has 1 aromatic carbocycles. The number of benzene rings is 1. The van der Waals surface area contributed by atoms with Gasteiger partial charge in [-0.25, -0.2) is 9.78 Å². The number of pyridine rings is 1. The molecule has 4 rings (SSSR count). The fourth-order valence-electron chi connectivity index (χ4n) is 5.19. The predicted molar refractivity (Wildman–Crippen MR) is 116 cm³/mol. The van der Waals surface area contributed by atoms with Gasteiger partial charge in [0.2, 0.25) is 0 Å². The van der Waals surface area contributed by atoms with Crippen LogP contribution in [0.5, 0.6) is 5.75 Å². The molecule has 0 atom stereocenters. The maximum Gasteiger partial charge on any atom is 0.354 e. The molecule has 2 aromatic rings. The molecule has 2 saturated carbocycles. The number of aromatic carboxylic acids is 1. The number of carboxylic acids is 1. The van der Waals surface area contributed by atoms with Gasteiger partial charge in [0.1, 0.15) is 11.4 Å². The molecule has 0 saturated heterocycles. The third kappa shape index (κ3) is 4.73. The number of fused-ring (bicyclic) bond motifs is 1. The van der Waals surface area contributed by atoms with Gasteiger partial charge in [-0.1, -0.05) is 45.6 Å². The van der Waals surface area contributed by atoms with Gasteiger partial charge in [0, 0.05) is 11.1 Å². The largest absolute Gasteiger partial charge is 0.490 e. The molecule has 2 fully saturated rings. The number of rotatable bonds is 6. The molecule has 1 N–H and O–H groups in total. The molecule has 156 valence electrons. The normalized spacial score (nSPS) is 23.0. The lowest BCUT2D eigenvalue weighted by molar-refractivity contribution is 0.0690. The van der Waals surface area contributed by atoms with Crippen molar-refractivity contribution in [3.05, 3.63) is 35.7 Å². The quantitative estimate of drug-likeness (QED) is 0.627. The van der Waals surface area contributed by atoms with Gasteiger partial charge in [-0.05, 0) is 73.4 Å². The van der Waals surface area contributed by atoms with Gasteiger partial charge >= 0.3 is 5.97 Å². The van der Waals surface area contributed by atoms with Gasteiger partial charge in [-0.15, -0.1) is 0 Å². The number of hydrogen-bond donors (Lipinski definition) is 1. The van der Waals surface area contributed by atoms with E-state index in [1.807, 2.05) is 12.1 Å². The van der Waals surface area contributed by atoms with Gasteiger partial charge in [-0.3, -0.25) is 0 Å². The van der Waals surface area contributed by atoms with E-state index in [0.717, 1.165) is 53.3 Å². The summed E-state index contributed by atoms with van der Waals surface area (Å²) in [7, 11) is 0. The molecule has 0 bridgehead atoms. The number of hydrogen-bond acceptors (Lipinski definition) is 3. The minimum Gasteiger partial charge on any atom is -0.490 e. The topological polar surface area (TPSA) is 59.4 Å². The van der Waals surface area contributed by atoms with Crippen molar-refractivity contribution >= 4 is 16.7 Å². The molecular formula is C25H33NO3. The van der Waals surface area contributed by atoms with Gasteiger partial charge in [0.15, 0.2) is 0 Å². The van der Waals surface area contributed by atoms with Gasteiger partial charge in [-0.2, -0.15) is 0 Å². The summed E-state index contributed by atoms with van der Waals surface area (Å²) in [5.41, 5.74) is 1.06. The second-order valence-corrected chi connectivity index (χ2v) is 9.40. The molecule has 0 spiro atoms. The molecule has 0 radical (unpaired) electrons. The highest BCUT2D eigenvalue weighted by Gasteiger charge is 2.25. The summed E-state index contributed by atoms with van der Waals surface area (Å²) >= 11 is 0. The zero-order valence-corrected chi connectivity index (χ0v) is 17.7. The Bertz CT molecular complexity index is 862. The smallest absolute Gasteiger partial charge is 0.354 e. The van der Waals surface area contributed by atoms with Crippen molar-refractivity contribution in [3.63, 3.8) is 0 Å². The summed E-state index contributed by atoms with van der Waals surface area (Å²) in [6, 6.07) is 7.76. The Morgan fingerprint density at radius 1 is 1.10 bits per heavy atom. The van der Waals surface area contributed by atoms with Crippen LogP contribution in [0.3, 0.4) is 0 Å². The lowest BCUT2D eigenvalue weighted by Gasteiger charge is -2.31. The van der Waals surface area contributed by atoms with Crippen LogP contribution in [0.2, 0.25) is 0 Å². The number of ether oxygens (including phenoxy) is 1. The van der Waals surface area contributed by atoms with Crippen molar-refractivity contribution in [1.82, 2.24) is 4.98 Å². The zero-order valence-electron chi connectivity index (χ0n) is 17.7. The van der Waals surface area contributed by atoms with E-state index in [-0.39, 0.29) is 11.8 Å². The number of carboxylic acid groups (broad SMARTS) is 1. The molecular weight excluding hydrogens is 362 g/mol. The van der Waals surface area contributed by atoms with Gasteiger partial charge < -0.3 is 9.84 Å². The first-order chi connectivity index (χ1) is 14.0. The van der Waals surface area contributed by atoms with Crippen LogP contribution in [-0.4, -0.2) is 22.2 Å². The molecule has 0 unspecified atom stereocenters. The summed E-state index contributed by atoms with van der Waals surface area (Å²) in [4.78, 5) is 16.1. The lowest BCUT2D eigenvalue weighted by Crippen LogP contribution is -2.26. The highest BCUT2D eigenvalue weighted by atomic mass is 16.5. The molecule has 2 aliphatic carbocycles. The van der Waals surface area contributed by atoms with E-state index in [1.165, 1.54) is 38.5 Å². The van der Waals surface area contributed by atoms with E-state index in [4.69, 9.17) is 4.74 Å². The summed E-state index contributed by atoms with van der Waals surface area (Å²) in [6.07, 6.45) is 10.8. The van der Waals surface area contributed by atoms with Crippen LogP contribution < -0.4 is 4.74 Å². The zero-order chi connectivity index (χ0) is 20.4. The SMILES string of the molecule is CC(C)C1CCC(Oc2ccc3cc(C(=O)O)nc(CC4CCCC4)c3c2)CC1. The second-order valence-electron chi connectivity index (χ2n) is 9.40. The highest BCUT2D eigenvalue weighted by Crippen LogP contribution is 2.34. The van der Waals surface area contributed by atoms with Crippen LogP contribution in [-0.2, 0) is 6.42 Å².